The van der Waals surface area contributed by atoms with Gasteiger partial charge in [0.2, 0.25) is 0 Å². The van der Waals surface area contributed by atoms with Gasteiger partial charge in [-0.25, -0.2) is 4.98 Å². The maximum absolute atomic E-state index is 8.72. The van der Waals surface area contributed by atoms with E-state index in [1.54, 1.807) is 0 Å². The summed E-state index contributed by atoms with van der Waals surface area (Å²) in [6.07, 6.45) is 4.44. The summed E-state index contributed by atoms with van der Waals surface area (Å²) < 4.78 is 3.10. The van der Waals surface area contributed by atoms with Gasteiger partial charge in [-0.2, -0.15) is 5.26 Å². The average molecular weight is 307 g/mol. The van der Waals surface area contributed by atoms with Crippen molar-refractivity contribution in [1.82, 2.24) is 14.3 Å². The van der Waals surface area contributed by atoms with Gasteiger partial charge in [0.1, 0.15) is 5.65 Å². The van der Waals surface area contributed by atoms with Gasteiger partial charge in [-0.3, -0.25) is 4.90 Å². The number of hydrogen-bond donors (Lipinski definition) is 0. The first kappa shape index (κ1) is 13.1. The molecule has 0 bridgehead atoms. The Morgan fingerprint density at radius 1 is 1.56 bits per heavy atom. The summed E-state index contributed by atoms with van der Waals surface area (Å²) in [6.45, 7) is 2.84. The van der Waals surface area contributed by atoms with Gasteiger partial charge in [0, 0.05) is 23.3 Å². The smallest absolute Gasteiger partial charge is 0.136 e. The fourth-order valence-electron chi connectivity index (χ4n) is 1.82. The van der Waals surface area contributed by atoms with Gasteiger partial charge in [-0.15, -0.1) is 0 Å². The fourth-order valence-corrected chi connectivity index (χ4v) is 2.16. The fraction of sp³-hybridized carbons (Fsp3) is 0.385. The lowest BCUT2D eigenvalue weighted by molar-refractivity contribution is 0.249. The molecule has 0 saturated carbocycles. The van der Waals surface area contributed by atoms with E-state index in [1.807, 2.05) is 31.6 Å². The third-order valence-electron chi connectivity index (χ3n) is 3.10. The van der Waals surface area contributed by atoms with Crippen molar-refractivity contribution >= 4 is 21.6 Å². The zero-order chi connectivity index (χ0) is 13.1. The van der Waals surface area contributed by atoms with Gasteiger partial charge in [0.05, 0.1) is 24.4 Å². The molecule has 18 heavy (non-hydrogen) atoms. The van der Waals surface area contributed by atoms with Crippen LogP contribution in [0.25, 0.3) is 5.65 Å². The summed E-state index contributed by atoms with van der Waals surface area (Å²) in [5.41, 5.74) is 2.06. The molecule has 0 spiro atoms. The third-order valence-corrected chi connectivity index (χ3v) is 3.57. The topological polar surface area (TPSA) is 44.3 Å². The van der Waals surface area contributed by atoms with Gasteiger partial charge < -0.3 is 4.40 Å². The van der Waals surface area contributed by atoms with Crippen molar-refractivity contribution in [3.63, 3.8) is 0 Å². The summed E-state index contributed by atoms with van der Waals surface area (Å²) in [5.74, 6) is 0. The highest BCUT2D eigenvalue weighted by Gasteiger charge is 2.12. The van der Waals surface area contributed by atoms with Crippen LogP contribution < -0.4 is 0 Å². The third kappa shape index (κ3) is 2.71. The number of fused-ring (bicyclic) bond motifs is 1. The summed E-state index contributed by atoms with van der Waals surface area (Å²) >= 11 is 3.47. The minimum atomic E-state index is 0.243. The predicted molar refractivity (Wildman–Crippen MR) is 74.1 cm³/mol. The molecule has 1 atom stereocenters. The predicted octanol–water partition coefficient (Wildman–Crippen LogP) is 2.83. The minimum Gasteiger partial charge on any atom is -0.302 e. The second-order valence-electron chi connectivity index (χ2n) is 4.45. The molecule has 4 nitrogen and oxygen atoms in total. The SMILES string of the molecule is CC(CC#N)N(C)Cc1cnc2ccc(Br)cn12. The van der Waals surface area contributed by atoms with Crippen molar-refractivity contribution in [3.8, 4) is 6.07 Å². The zero-order valence-electron chi connectivity index (χ0n) is 10.5. The summed E-state index contributed by atoms with van der Waals surface area (Å²) in [6, 6.07) is 6.40. The highest BCUT2D eigenvalue weighted by atomic mass is 79.9. The summed E-state index contributed by atoms with van der Waals surface area (Å²) in [5, 5.41) is 8.72. The first-order chi connectivity index (χ1) is 8.61. The van der Waals surface area contributed by atoms with Crippen LogP contribution in [0.4, 0.5) is 0 Å². The van der Waals surface area contributed by atoms with Gasteiger partial charge in [-0.1, -0.05) is 0 Å². The van der Waals surface area contributed by atoms with Crippen LogP contribution in [-0.2, 0) is 6.54 Å². The van der Waals surface area contributed by atoms with Crippen molar-refractivity contribution in [3.05, 3.63) is 34.7 Å². The lowest BCUT2D eigenvalue weighted by Gasteiger charge is -2.22. The number of hydrogen-bond acceptors (Lipinski definition) is 3. The zero-order valence-corrected chi connectivity index (χ0v) is 12.1. The second-order valence-corrected chi connectivity index (χ2v) is 5.37. The Labute approximate surface area is 115 Å². The lowest BCUT2D eigenvalue weighted by atomic mass is 10.2. The number of rotatable bonds is 4. The Morgan fingerprint density at radius 3 is 3.06 bits per heavy atom. The average Bonchev–Trinajstić information content (AvgIpc) is 2.72. The molecular formula is C13H15BrN4. The molecule has 94 valence electrons. The van der Waals surface area contributed by atoms with Crippen LogP contribution >= 0.6 is 15.9 Å². The largest absolute Gasteiger partial charge is 0.302 e. The molecule has 2 aromatic heterocycles. The first-order valence-corrected chi connectivity index (χ1v) is 6.60. The van der Waals surface area contributed by atoms with E-state index in [1.165, 1.54) is 0 Å². The molecule has 0 aliphatic carbocycles. The normalized spacial score (nSPS) is 12.8. The van der Waals surface area contributed by atoms with Gasteiger partial charge in [0.25, 0.3) is 0 Å². The van der Waals surface area contributed by atoms with E-state index in [2.05, 4.69) is 43.2 Å². The van der Waals surface area contributed by atoms with Crippen LogP contribution in [0.1, 0.15) is 19.0 Å². The van der Waals surface area contributed by atoms with Crippen LogP contribution in [0.5, 0.6) is 0 Å². The molecule has 2 aromatic rings. The molecule has 0 fully saturated rings. The Bertz CT molecular complexity index is 584. The van der Waals surface area contributed by atoms with Crippen molar-refractivity contribution in [2.24, 2.45) is 0 Å². The Balaban J connectivity index is 2.22. The Kier molecular flexibility index (Phi) is 4.00. The molecule has 0 radical (unpaired) electrons. The van der Waals surface area contributed by atoms with E-state index in [0.29, 0.717) is 6.42 Å². The number of halogens is 1. The molecule has 2 rings (SSSR count). The molecule has 0 aliphatic heterocycles. The number of pyridine rings is 1. The van der Waals surface area contributed by atoms with Crippen LogP contribution in [0, 0.1) is 11.3 Å². The highest BCUT2D eigenvalue weighted by Crippen LogP contribution is 2.15. The maximum Gasteiger partial charge on any atom is 0.136 e. The monoisotopic (exact) mass is 306 g/mol. The van der Waals surface area contributed by atoms with Gasteiger partial charge in [0.15, 0.2) is 0 Å². The highest BCUT2D eigenvalue weighted by molar-refractivity contribution is 9.10. The quantitative estimate of drug-likeness (QED) is 0.872. The number of nitrogens with zero attached hydrogens (tertiary/aromatic N) is 4. The second kappa shape index (κ2) is 5.51. The molecule has 2 heterocycles. The number of imidazole rings is 1. The van der Waals surface area contributed by atoms with Crippen LogP contribution in [0.15, 0.2) is 29.0 Å². The summed E-state index contributed by atoms with van der Waals surface area (Å²) in [7, 11) is 2.03. The summed E-state index contributed by atoms with van der Waals surface area (Å²) in [4.78, 5) is 6.53. The van der Waals surface area contributed by atoms with E-state index < -0.39 is 0 Å². The lowest BCUT2D eigenvalue weighted by Crippen LogP contribution is -2.28. The maximum atomic E-state index is 8.72. The standard InChI is InChI=1S/C13H15BrN4/c1-10(5-6-15)17(2)9-12-7-16-13-4-3-11(14)8-18(12)13/h3-4,7-8,10H,5,9H2,1-2H3. The molecule has 1 unspecified atom stereocenters. The number of aromatic nitrogens is 2. The molecule has 0 aliphatic rings. The Hall–Kier alpha value is -1.38. The van der Waals surface area contributed by atoms with Crippen molar-refractivity contribution in [1.29, 1.82) is 5.26 Å². The van der Waals surface area contributed by atoms with E-state index in [9.17, 15) is 0 Å². The van der Waals surface area contributed by atoms with Gasteiger partial charge >= 0.3 is 0 Å². The molecule has 0 amide bonds. The van der Waals surface area contributed by atoms with E-state index in [-0.39, 0.29) is 6.04 Å². The van der Waals surface area contributed by atoms with Crippen LogP contribution in [0.2, 0.25) is 0 Å². The van der Waals surface area contributed by atoms with E-state index in [4.69, 9.17) is 5.26 Å². The van der Waals surface area contributed by atoms with Crippen LogP contribution in [-0.4, -0.2) is 27.4 Å². The Morgan fingerprint density at radius 2 is 2.33 bits per heavy atom. The van der Waals surface area contributed by atoms with E-state index >= 15 is 0 Å². The molecule has 0 saturated heterocycles. The van der Waals surface area contributed by atoms with Crippen molar-refractivity contribution in [2.75, 3.05) is 7.05 Å². The molecule has 5 heteroatoms. The van der Waals surface area contributed by atoms with E-state index in [0.717, 1.165) is 22.4 Å². The van der Waals surface area contributed by atoms with Crippen LogP contribution in [0.3, 0.4) is 0 Å². The van der Waals surface area contributed by atoms with Crippen molar-refractivity contribution in [2.45, 2.75) is 25.9 Å². The number of nitriles is 1. The first-order valence-electron chi connectivity index (χ1n) is 5.80. The van der Waals surface area contributed by atoms with Crippen molar-refractivity contribution < 1.29 is 0 Å². The molecule has 0 N–H and O–H groups in total. The molecule has 0 aromatic carbocycles. The minimum absolute atomic E-state index is 0.243. The molecular weight excluding hydrogens is 292 g/mol. The van der Waals surface area contributed by atoms with Gasteiger partial charge in [-0.05, 0) is 42.0 Å².